The third kappa shape index (κ3) is 5.90. The van der Waals surface area contributed by atoms with Gasteiger partial charge in [-0.3, -0.25) is 4.79 Å². The van der Waals surface area contributed by atoms with Crippen molar-refractivity contribution in [3.05, 3.63) is 0 Å². The standard InChI is InChI=1S/C13H25N3O4/c1-6-7-13(4,11(18)19)15-12(20)16(5)8-10(17)14-9(2)3/h9H,6-8H2,1-5H3,(H,14,17)(H,15,20)(H,18,19). The van der Waals surface area contributed by atoms with Gasteiger partial charge >= 0.3 is 12.0 Å². The Morgan fingerprint density at radius 1 is 1.30 bits per heavy atom. The number of carboxylic acids is 1. The van der Waals surface area contributed by atoms with Crippen LogP contribution in [0.4, 0.5) is 4.79 Å². The van der Waals surface area contributed by atoms with Crippen molar-refractivity contribution < 1.29 is 19.5 Å². The van der Waals surface area contributed by atoms with Crippen LogP contribution in [0.15, 0.2) is 0 Å². The van der Waals surface area contributed by atoms with Crippen molar-refractivity contribution in [1.82, 2.24) is 15.5 Å². The average Bonchev–Trinajstić information content (AvgIpc) is 2.27. The molecule has 0 rings (SSSR count). The quantitative estimate of drug-likeness (QED) is 0.645. The number of rotatable bonds is 7. The monoisotopic (exact) mass is 287 g/mol. The van der Waals surface area contributed by atoms with Crippen LogP contribution in [0.3, 0.4) is 0 Å². The van der Waals surface area contributed by atoms with Crippen LogP contribution in [0.5, 0.6) is 0 Å². The average molecular weight is 287 g/mol. The predicted molar refractivity (Wildman–Crippen MR) is 75.4 cm³/mol. The van der Waals surface area contributed by atoms with Crippen LogP contribution in [-0.2, 0) is 9.59 Å². The van der Waals surface area contributed by atoms with Gasteiger partial charge in [-0.2, -0.15) is 0 Å². The minimum absolute atomic E-state index is 0.0108. The first kappa shape index (κ1) is 18.2. The highest BCUT2D eigenvalue weighted by molar-refractivity contribution is 5.88. The zero-order valence-corrected chi connectivity index (χ0v) is 12.8. The summed E-state index contributed by atoms with van der Waals surface area (Å²) in [5.41, 5.74) is -1.32. The number of carboxylic acid groups (broad SMARTS) is 1. The van der Waals surface area contributed by atoms with E-state index in [1.54, 1.807) is 0 Å². The summed E-state index contributed by atoms with van der Waals surface area (Å²) < 4.78 is 0. The molecule has 0 aromatic heterocycles. The first-order valence-corrected chi connectivity index (χ1v) is 6.68. The van der Waals surface area contributed by atoms with Gasteiger partial charge in [0.25, 0.3) is 0 Å². The molecule has 3 N–H and O–H groups in total. The smallest absolute Gasteiger partial charge is 0.329 e. The molecule has 0 saturated heterocycles. The van der Waals surface area contributed by atoms with Crippen molar-refractivity contribution >= 4 is 17.9 Å². The van der Waals surface area contributed by atoms with Crippen LogP contribution in [0, 0.1) is 0 Å². The van der Waals surface area contributed by atoms with E-state index in [2.05, 4.69) is 10.6 Å². The number of carbonyl (C=O) groups excluding carboxylic acids is 2. The Morgan fingerprint density at radius 2 is 1.85 bits per heavy atom. The normalized spacial score (nSPS) is 13.5. The van der Waals surface area contributed by atoms with Crippen LogP contribution < -0.4 is 10.6 Å². The second-order valence-corrected chi connectivity index (χ2v) is 5.40. The summed E-state index contributed by atoms with van der Waals surface area (Å²) in [4.78, 5) is 35.9. The second-order valence-electron chi connectivity index (χ2n) is 5.40. The van der Waals surface area contributed by atoms with Gasteiger partial charge in [0.1, 0.15) is 12.1 Å². The van der Waals surface area contributed by atoms with Crippen molar-refractivity contribution in [2.24, 2.45) is 0 Å². The van der Waals surface area contributed by atoms with E-state index in [9.17, 15) is 19.5 Å². The van der Waals surface area contributed by atoms with E-state index >= 15 is 0 Å². The Labute approximate surface area is 119 Å². The molecule has 0 fully saturated rings. The third-order valence-electron chi connectivity index (χ3n) is 2.78. The highest BCUT2D eigenvalue weighted by atomic mass is 16.4. The highest BCUT2D eigenvalue weighted by Crippen LogP contribution is 2.13. The van der Waals surface area contributed by atoms with E-state index in [1.165, 1.54) is 14.0 Å². The van der Waals surface area contributed by atoms with Gasteiger partial charge < -0.3 is 20.6 Å². The molecule has 116 valence electrons. The van der Waals surface area contributed by atoms with Crippen molar-refractivity contribution in [2.45, 2.75) is 52.1 Å². The number of nitrogens with one attached hydrogen (secondary N) is 2. The van der Waals surface area contributed by atoms with Crippen molar-refractivity contribution in [1.29, 1.82) is 0 Å². The van der Waals surface area contributed by atoms with E-state index < -0.39 is 17.5 Å². The van der Waals surface area contributed by atoms with E-state index in [-0.39, 0.29) is 18.5 Å². The fourth-order valence-electron chi connectivity index (χ4n) is 1.71. The molecule has 0 bridgehead atoms. The molecule has 0 heterocycles. The SMILES string of the molecule is CCCC(C)(NC(=O)N(C)CC(=O)NC(C)C)C(=O)O. The van der Waals surface area contributed by atoms with Crippen molar-refractivity contribution in [3.8, 4) is 0 Å². The van der Waals surface area contributed by atoms with Gasteiger partial charge in [-0.15, -0.1) is 0 Å². The summed E-state index contributed by atoms with van der Waals surface area (Å²) in [5, 5.41) is 14.3. The molecule has 7 heteroatoms. The summed E-state index contributed by atoms with van der Waals surface area (Å²) in [5.74, 6) is -1.38. The number of carbonyl (C=O) groups is 3. The lowest BCUT2D eigenvalue weighted by atomic mass is 9.96. The van der Waals surface area contributed by atoms with Gasteiger partial charge in [0, 0.05) is 13.1 Å². The molecule has 0 spiro atoms. The van der Waals surface area contributed by atoms with Crippen LogP contribution >= 0.6 is 0 Å². The number of nitrogens with zero attached hydrogens (tertiary/aromatic N) is 1. The number of urea groups is 1. The fraction of sp³-hybridized carbons (Fsp3) is 0.769. The first-order chi connectivity index (χ1) is 9.12. The molecular weight excluding hydrogens is 262 g/mol. The number of hydrogen-bond donors (Lipinski definition) is 3. The Bertz CT molecular complexity index is 371. The highest BCUT2D eigenvalue weighted by Gasteiger charge is 2.34. The van der Waals surface area contributed by atoms with Gasteiger partial charge in [0.05, 0.1) is 0 Å². The molecule has 7 nitrogen and oxygen atoms in total. The van der Waals surface area contributed by atoms with Gasteiger partial charge in [-0.1, -0.05) is 13.3 Å². The summed E-state index contributed by atoms with van der Waals surface area (Å²) >= 11 is 0. The van der Waals surface area contributed by atoms with Crippen LogP contribution in [-0.4, -0.2) is 53.1 Å². The van der Waals surface area contributed by atoms with Gasteiger partial charge in [0.2, 0.25) is 5.91 Å². The van der Waals surface area contributed by atoms with E-state index in [1.807, 2.05) is 20.8 Å². The summed E-state index contributed by atoms with van der Waals surface area (Å²) in [7, 11) is 1.45. The fourth-order valence-corrected chi connectivity index (χ4v) is 1.71. The van der Waals surface area contributed by atoms with E-state index in [4.69, 9.17) is 0 Å². The molecule has 0 aliphatic heterocycles. The van der Waals surface area contributed by atoms with E-state index in [0.717, 1.165) is 4.90 Å². The lowest BCUT2D eigenvalue weighted by Crippen LogP contribution is -2.56. The zero-order chi connectivity index (χ0) is 15.9. The van der Waals surface area contributed by atoms with Crippen molar-refractivity contribution in [2.75, 3.05) is 13.6 Å². The molecular formula is C13H25N3O4. The molecule has 1 unspecified atom stereocenters. The predicted octanol–water partition coefficient (Wildman–Crippen LogP) is 0.796. The maximum Gasteiger partial charge on any atom is 0.329 e. The molecule has 0 aliphatic carbocycles. The topological polar surface area (TPSA) is 98.7 Å². The Kier molecular flexibility index (Phi) is 7.02. The molecule has 1 atom stereocenters. The molecule has 0 aliphatic rings. The summed E-state index contributed by atoms with van der Waals surface area (Å²) in [6.45, 7) is 6.82. The lowest BCUT2D eigenvalue weighted by Gasteiger charge is -2.28. The van der Waals surface area contributed by atoms with Crippen LogP contribution in [0.2, 0.25) is 0 Å². The largest absolute Gasteiger partial charge is 0.480 e. The van der Waals surface area contributed by atoms with Gasteiger partial charge in [-0.25, -0.2) is 9.59 Å². The summed E-state index contributed by atoms with van der Waals surface area (Å²) in [6.07, 6.45) is 0.945. The summed E-state index contributed by atoms with van der Waals surface area (Å²) in [6, 6.07) is -0.592. The first-order valence-electron chi connectivity index (χ1n) is 6.68. The van der Waals surface area contributed by atoms with Crippen molar-refractivity contribution in [3.63, 3.8) is 0 Å². The minimum atomic E-state index is -1.32. The third-order valence-corrected chi connectivity index (χ3v) is 2.78. The van der Waals surface area contributed by atoms with Crippen LogP contribution in [0.1, 0.15) is 40.5 Å². The van der Waals surface area contributed by atoms with Crippen LogP contribution in [0.25, 0.3) is 0 Å². The Balaban J connectivity index is 4.58. The molecule has 20 heavy (non-hydrogen) atoms. The lowest BCUT2D eigenvalue weighted by molar-refractivity contribution is -0.144. The number of hydrogen-bond acceptors (Lipinski definition) is 3. The maximum absolute atomic E-state index is 11.9. The van der Waals surface area contributed by atoms with Gasteiger partial charge in [0.15, 0.2) is 0 Å². The molecule has 0 aromatic carbocycles. The number of likely N-dealkylation sites (N-methyl/N-ethyl adjacent to an activating group) is 1. The maximum atomic E-state index is 11.9. The van der Waals surface area contributed by atoms with Gasteiger partial charge in [-0.05, 0) is 27.2 Å². The molecule has 0 saturated carbocycles. The second kappa shape index (κ2) is 7.72. The molecule has 0 radical (unpaired) electrons. The number of aliphatic carboxylic acids is 1. The Hall–Kier alpha value is -1.79. The van der Waals surface area contributed by atoms with E-state index in [0.29, 0.717) is 12.8 Å². The minimum Gasteiger partial charge on any atom is -0.480 e. The Morgan fingerprint density at radius 3 is 2.25 bits per heavy atom. The number of amides is 3. The zero-order valence-electron chi connectivity index (χ0n) is 12.8. The molecule has 0 aromatic rings. The molecule has 3 amide bonds.